The number of nitrogens with two attached hydrogens (primary N) is 1. The molecule has 4 nitrogen and oxygen atoms in total. The summed E-state index contributed by atoms with van der Waals surface area (Å²) in [5.74, 6) is -0.167. The van der Waals surface area contributed by atoms with Gasteiger partial charge in [0, 0.05) is 24.1 Å². The van der Waals surface area contributed by atoms with E-state index in [4.69, 9.17) is 10.5 Å². The molecule has 0 fully saturated rings. The molecule has 2 aromatic carbocycles. The average molecular weight is 378 g/mol. The van der Waals surface area contributed by atoms with Crippen molar-refractivity contribution in [1.29, 1.82) is 0 Å². The van der Waals surface area contributed by atoms with Gasteiger partial charge in [-0.25, -0.2) is 4.39 Å². The predicted molar refractivity (Wildman–Crippen MR) is 107 cm³/mol. The van der Waals surface area contributed by atoms with Crippen LogP contribution in [0.15, 0.2) is 66.9 Å². The lowest BCUT2D eigenvalue weighted by atomic mass is 9.88. The molecule has 0 aliphatic rings. The van der Waals surface area contributed by atoms with E-state index in [-0.39, 0.29) is 18.2 Å². The third-order valence-electron chi connectivity index (χ3n) is 4.52. The van der Waals surface area contributed by atoms with Crippen LogP contribution in [0.2, 0.25) is 0 Å². The highest BCUT2D eigenvalue weighted by Crippen LogP contribution is 2.32. The normalized spacial score (nSPS) is 11.8. The summed E-state index contributed by atoms with van der Waals surface area (Å²) in [5.41, 5.74) is 8.97. The van der Waals surface area contributed by atoms with Crippen LogP contribution in [-0.4, -0.2) is 17.5 Å². The maximum atomic E-state index is 13.6. The second-order valence-electron chi connectivity index (χ2n) is 6.59. The molecule has 28 heavy (non-hydrogen) atoms. The minimum Gasteiger partial charge on any atom is -0.494 e. The first-order valence-corrected chi connectivity index (χ1v) is 9.27. The minimum atomic E-state index is -0.412. The van der Waals surface area contributed by atoms with Crippen molar-refractivity contribution in [3.05, 3.63) is 83.9 Å². The zero-order chi connectivity index (χ0) is 19.9. The van der Waals surface area contributed by atoms with Crippen molar-refractivity contribution < 1.29 is 13.9 Å². The number of halogens is 1. The largest absolute Gasteiger partial charge is 0.494 e. The van der Waals surface area contributed by atoms with E-state index in [9.17, 15) is 9.18 Å². The Morgan fingerprint density at radius 3 is 2.61 bits per heavy atom. The van der Waals surface area contributed by atoms with Crippen molar-refractivity contribution >= 4 is 5.91 Å². The zero-order valence-corrected chi connectivity index (χ0v) is 15.8. The molecule has 0 spiro atoms. The van der Waals surface area contributed by atoms with Gasteiger partial charge in [-0.05, 0) is 54.8 Å². The SMILES string of the molecule is CCOc1ccc(-c2cccnc2[C@H](CC(N)=O)Cc2cccc(F)c2)cc1. The molecule has 0 aliphatic carbocycles. The molecule has 0 unspecified atom stereocenters. The van der Waals surface area contributed by atoms with Gasteiger partial charge in [0.1, 0.15) is 11.6 Å². The number of pyridine rings is 1. The molecular formula is C23H23FN2O2. The molecule has 1 heterocycles. The first kappa shape index (κ1) is 19.5. The van der Waals surface area contributed by atoms with Crippen LogP contribution in [0.1, 0.15) is 30.5 Å². The van der Waals surface area contributed by atoms with Crippen LogP contribution in [0.4, 0.5) is 4.39 Å². The molecule has 1 aromatic heterocycles. The summed E-state index contributed by atoms with van der Waals surface area (Å²) in [6, 6.07) is 18.0. The highest BCUT2D eigenvalue weighted by Gasteiger charge is 2.21. The molecule has 144 valence electrons. The lowest BCUT2D eigenvalue weighted by Crippen LogP contribution is -2.18. The predicted octanol–water partition coefficient (Wildman–Crippen LogP) is 4.49. The van der Waals surface area contributed by atoms with Crippen molar-refractivity contribution in [3.63, 3.8) is 0 Å². The number of carbonyl (C=O) groups is 1. The number of rotatable bonds is 8. The molecular weight excluding hydrogens is 355 g/mol. The lowest BCUT2D eigenvalue weighted by molar-refractivity contribution is -0.118. The van der Waals surface area contributed by atoms with Crippen molar-refractivity contribution in [3.8, 4) is 16.9 Å². The molecule has 3 rings (SSSR count). The van der Waals surface area contributed by atoms with E-state index < -0.39 is 5.91 Å². The van der Waals surface area contributed by atoms with Crippen molar-refractivity contribution in [2.24, 2.45) is 5.73 Å². The van der Waals surface area contributed by atoms with E-state index in [0.717, 1.165) is 28.1 Å². The fourth-order valence-electron chi connectivity index (χ4n) is 3.34. The van der Waals surface area contributed by atoms with Gasteiger partial charge >= 0.3 is 0 Å². The molecule has 0 aliphatic heterocycles. The Balaban J connectivity index is 1.97. The summed E-state index contributed by atoms with van der Waals surface area (Å²) >= 11 is 0. The molecule has 1 amide bonds. The van der Waals surface area contributed by atoms with Crippen LogP contribution in [0.5, 0.6) is 5.75 Å². The summed E-state index contributed by atoms with van der Waals surface area (Å²) in [6.07, 6.45) is 2.31. The summed E-state index contributed by atoms with van der Waals surface area (Å²) in [4.78, 5) is 16.3. The Morgan fingerprint density at radius 2 is 1.93 bits per heavy atom. The molecule has 1 atom stereocenters. The van der Waals surface area contributed by atoms with Gasteiger partial charge in [-0.3, -0.25) is 9.78 Å². The number of nitrogens with zero attached hydrogens (tertiary/aromatic N) is 1. The number of aromatic nitrogens is 1. The number of amides is 1. The number of hydrogen-bond donors (Lipinski definition) is 1. The lowest BCUT2D eigenvalue weighted by Gasteiger charge is -2.19. The summed E-state index contributed by atoms with van der Waals surface area (Å²) < 4.78 is 19.1. The Kier molecular flexibility index (Phi) is 6.37. The first-order valence-electron chi connectivity index (χ1n) is 9.27. The number of hydrogen-bond acceptors (Lipinski definition) is 3. The molecule has 0 saturated carbocycles. The Bertz CT molecular complexity index is 941. The summed E-state index contributed by atoms with van der Waals surface area (Å²) in [7, 11) is 0. The van der Waals surface area contributed by atoms with E-state index in [2.05, 4.69) is 4.98 Å². The standard InChI is InChI=1S/C23H23FN2O2/c1-2-28-20-10-8-17(9-11-20)21-7-4-12-26-23(21)18(15-22(25)27)13-16-5-3-6-19(24)14-16/h3-12,14,18H,2,13,15H2,1H3,(H2,25,27)/t18-/m0/s1. The number of benzene rings is 2. The van der Waals surface area contributed by atoms with Crippen molar-refractivity contribution in [1.82, 2.24) is 4.98 Å². The van der Waals surface area contributed by atoms with Crippen molar-refractivity contribution in [2.75, 3.05) is 6.61 Å². The van der Waals surface area contributed by atoms with Crippen LogP contribution < -0.4 is 10.5 Å². The van der Waals surface area contributed by atoms with E-state index in [1.807, 2.05) is 49.4 Å². The molecule has 0 bridgehead atoms. The second-order valence-corrected chi connectivity index (χ2v) is 6.59. The number of carbonyl (C=O) groups excluding carboxylic acids is 1. The minimum absolute atomic E-state index is 0.136. The molecule has 0 saturated heterocycles. The van der Waals surface area contributed by atoms with Gasteiger partial charge < -0.3 is 10.5 Å². The van der Waals surface area contributed by atoms with E-state index in [1.54, 1.807) is 12.3 Å². The third-order valence-corrected chi connectivity index (χ3v) is 4.52. The Morgan fingerprint density at radius 1 is 1.14 bits per heavy atom. The fourth-order valence-corrected chi connectivity index (χ4v) is 3.34. The fraction of sp³-hybridized carbons (Fsp3) is 0.217. The first-order chi connectivity index (χ1) is 13.6. The highest BCUT2D eigenvalue weighted by molar-refractivity contribution is 5.76. The zero-order valence-electron chi connectivity index (χ0n) is 15.8. The topological polar surface area (TPSA) is 65.2 Å². The van der Waals surface area contributed by atoms with Gasteiger partial charge in [-0.1, -0.05) is 30.3 Å². The van der Waals surface area contributed by atoms with Crippen LogP contribution in [0.25, 0.3) is 11.1 Å². The maximum absolute atomic E-state index is 13.6. The van der Waals surface area contributed by atoms with Crippen LogP contribution in [0.3, 0.4) is 0 Å². The number of primary amides is 1. The number of ether oxygens (including phenoxy) is 1. The van der Waals surface area contributed by atoms with Gasteiger partial charge in [0.25, 0.3) is 0 Å². The highest BCUT2D eigenvalue weighted by atomic mass is 19.1. The van der Waals surface area contributed by atoms with Crippen LogP contribution in [-0.2, 0) is 11.2 Å². The van der Waals surface area contributed by atoms with Crippen LogP contribution in [0, 0.1) is 5.82 Å². The van der Waals surface area contributed by atoms with E-state index >= 15 is 0 Å². The quantitative estimate of drug-likeness (QED) is 0.628. The molecule has 2 N–H and O–H groups in total. The van der Waals surface area contributed by atoms with Gasteiger partial charge in [-0.2, -0.15) is 0 Å². The van der Waals surface area contributed by atoms with Gasteiger partial charge in [0.15, 0.2) is 0 Å². The molecule has 3 aromatic rings. The smallest absolute Gasteiger partial charge is 0.218 e. The molecule has 5 heteroatoms. The third kappa shape index (κ3) is 4.94. The average Bonchev–Trinajstić information content (AvgIpc) is 2.68. The molecule has 0 radical (unpaired) electrons. The van der Waals surface area contributed by atoms with E-state index in [1.165, 1.54) is 12.1 Å². The van der Waals surface area contributed by atoms with Crippen molar-refractivity contribution in [2.45, 2.75) is 25.7 Å². The second kappa shape index (κ2) is 9.13. The van der Waals surface area contributed by atoms with Gasteiger partial charge in [-0.15, -0.1) is 0 Å². The van der Waals surface area contributed by atoms with E-state index in [0.29, 0.717) is 13.0 Å². The van der Waals surface area contributed by atoms with Gasteiger partial charge in [0.05, 0.1) is 12.3 Å². The Hall–Kier alpha value is -3.21. The van der Waals surface area contributed by atoms with Crippen LogP contribution >= 0.6 is 0 Å². The van der Waals surface area contributed by atoms with Gasteiger partial charge in [0.2, 0.25) is 5.91 Å². The maximum Gasteiger partial charge on any atom is 0.218 e. The summed E-state index contributed by atoms with van der Waals surface area (Å²) in [5, 5.41) is 0. The Labute approximate surface area is 164 Å². The summed E-state index contributed by atoms with van der Waals surface area (Å²) in [6.45, 7) is 2.54. The monoisotopic (exact) mass is 378 g/mol.